The van der Waals surface area contributed by atoms with Gasteiger partial charge in [0.2, 0.25) is 0 Å². The Morgan fingerprint density at radius 3 is 2.43 bits per heavy atom. The first-order valence-electron chi connectivity index (χ1n) is 9.21. The standard InChI is InChI=1S/C23H21NO4/c1-3-20(27-17-11-9-16(26-2)10-12-17)23(25)24-15-8-13-19-18-6-4-5-7-21(18)28-22(19)14-15/h4-14,20H,3H2,1-2H3,(H,24,25)/t20-/m0/s1. The van der Waals surface area contributed by atoms with Crippen molar-refractivity contribution in [2.24, 2.45) is 0 Å². The molecule has 1 amide bonds. The van der Waals surface area contributed by atoms with Crippen molar-refractivity contribution in [3.63, 3.8) is 0 Å². The molecule has 0 radical (unpaired) electrons. The zero-order chi connectivity index (χ0) is 19.5. The highest BCUT2D eigenvalue weighted by atomic mass is 16.5. The summed E-state index contributed by atoms with van der Waals surface area (Å²) in [5.41, 5.74) is 2.24. The SMILES string of the molecule is CC[C@H](Oc1ccc(OC)cc1)C(=O)Nc1ccc2c(c1)oc1ccccc12. The average molecular weight is 375 g/mol. The van der Waals surface area contributed by atoms with Gasteiger partial charge < -0.3 is 19.2 Å². The Bertz CT molecular complexity index is 1110. The van der Waals surface area contributed by atoms with E-state index in [2.05, 4.69) is 5.32 Å². The van der Waals surface area contributed by atoms with E-state index in [1.807, 2.05) is 49.4 Å². The summed E-state index contributed by atoms with van der Waals surface area (Å²) in [4.78, 5) is 12.7. The number of carbonyl (C=O) groups excluding carboxylic acids is 1. The molecule has 4 rings (SSSR count). The minimum Gasteiger partial charge on any atom is -0.497 e. The molecule has 0 bridgehead atoms. The summed E-state index contributed by atoms with van der Waals surface area (Å²) in [6.07, 6.45) is -0.0511. The van der Waals surface area contributed by atoms with Crippen molar-refractivity contribution in [1.82, 2.24) is 0 Å². The normalized spacial score (nSPS) is 12.1. The number of para-hydroxylation sites is 1. The highest BCUT2D eigenvalue weighted by Gasteiger charge is 2.19. The second-order valence-corrected chi connectivity index (χ2v) is 6.49. The van der Waals surface area contributed by atoms with Gasteiger partial charge in [-0.15, -0.1) is 0 Å². The fraction of sp³-hybridized carbons (Fsp3) is 0.174. The van der Waals surface area contributed by atoms with Crippen LogP contribution in [0.2, 0.25) is 0 Å². The number of hydrogen-bond acceptors (Lipinski definition) is 4. The summed E-state index contributed by atoms with van der Waals surface area (Å²) in [6.45, 7) is 1.91. The summed E-state index contributed by atoms with van der Waals surface area (Å²) < 4.78 is 16.9. The van der Waals surface area contributed by atoms with E-state index in [0.717, 1.165) is 27.7 Å². The number of amides is 1. The highest BCUT2D eigenvalue weighted by molar-refractivity contribution is 6.06. The molecule has 5 nitrogen and oxygen atoms in total. The Balaban J connectivity index is 1.51. The summed E-state index contributed by atoms with van der Waals surface area (Å²) >= 11 is 0. The fourth-order valence-electron chi connectivity index (χ4n) is 3.17. The summed E-state index contributed by atoms with van der Waals surface area (Å²) in [5.74, 6) is 1.16. The quantitative estimate of drug-likeness (QED) is 0.491. The third kappa shape index (κ3) is 3.51. The smallest absolute Gasteiger partial charge is 0.265 e. The molecule has 0 aliphatic rings. The van der Waals surface area contributed by atoms with Crippen molar-refractivity contribution in [2.75, 3.05) is 12.4 Å². The Morgan fingerprint density at radius 1 is 0.964 bits per heavy atom. The van der Waals surface area contributed by atoms with Crippen LogP contribution in [0.4, 0.5) is 5.69 Å². The highest BCUT2D eigenvalue weighted by Crippen LogP contribution is 2.30. The van der Waals surface area contributed by atoms with Crippen molar-refractivity contribution >= 4 is 33.5 Å². The molecule has 0 fully saturated rings. The van der Waals surface area contributed by atoms with E-state index in [1.54, 1.807) is 31.4 Å². The van der Waals surface area contributed by atoms with Gasteiger partial charge in [-0.25, -0.2) is 0 Å². The van der Waals surface area contributed by atoms with E-state index in [4.69, 9.17) is 13.9 Å². The molecule has 5 heteroatoms. The Morgan fingerprint density at radius 2 is 1.68 bits per heavy atom. The first kappa shape index (κ1) is 17.9. The molecule has 28 heavy (non-hydrogen) atoms. The van der Waals surface area contributed by atoms with Gasteiger partial charge in [0.25, 0.3) is 5.91 Å². The molecule has 3 aromatic carbocycles. The average Bonchev–Trinajstić information content (AvgIpc) is 3.10. The summed E-state index contributed by atoms with van der Waals surface area (Å²) in [6, 6.07) is 20.7. The lowest BCUT2D eigenvalue weighted by Crippen LogP contribution is -2.32. The van der Waals surface area contributed by atoms with Crippen LogP contribution in [-0.2, 0) is 4.79 Å². The van der Waals surface area contributed by atoms with Crippen LogP contribution in [0.5, 0.6) is 11.5 Å². The maximum absolute atomic E-state index is 12.7. The molecule has 1 aromatic heterocycles. The predicted octanol–water partition coefficient (Wildman–Crippen LogP) is 5.39. The monoisotopic (exact) mass is 375 g/mol. The summed E-state index contributed by atoms with van der Waals surface area (Å²) in [7, 11) is 1.61. The molecule has 1 N–H and O–H groups in total. The van der Waals surface area contributed by atoms with Crippen LogP contribution in [-0.4, -0.2) is 19.1 Å². The van der Waals surface area contributed by atoms with E-state index < -0.39 is 6.10 Å². The minimum atomic E-state index is -0.597. The molecule has 0 aliphatic carbocycles. The van der Waals surface area contributed by atoms with Crippen molar-refractivity contribution in [2.45, 2.75) is 19.4 Å². The van der Waals surface area contributed by atoms with Crippen molar-refractivity contribution in [3.05, 3.63) is 66.7 Å². The number of hydrogen-bond donors (Lipinski definition) is 1. The van der Waals surface area contributed by atoms with Gasteiger partial charge in [-0.05, 0) is 48.9 Å². The van der Waals surface area contributed by atoms with Gasteiger partial charge in [-0.1, -0.05) is 25.1 Å². The molecule has 1 atom stereocenters. The second-order valence-electron chi connectivity index (χ2n) is 6.49. The number of nitrogens with one attached hydrogen (secondary N) is 1. The Labute approximate surface area is 162 Å². The molecule has 0 saturated carbocycles. The van der Waals surface area contributed by atoms with Gasteiger partial charge in [-0.2, -0.15) is 0 Å². The topological polar surface area (TPSA) is 60.7 Å². The van der Waals surface area contributed by atoms with Gasteiger partial charge in [0.05, 0.1) is 7.11 Å². The molecular formula is C23H21NO4. The Kier molecular flexibility index (Phi) is 4.89. The lowest BCUT2D eigenvalue weighted by Gasteiger charge is -2.17. The van der Waals surface area contributed by atoms with Crippen molar-refractivity contribution < 1.29 is 18.7 Å². The van der Waals surface area contributed by atoms with Crippen LogP contribution in [0.3, 0.4) is 0 Å². The number of rotatable bonds is 6. The molecule has 142 valence electrons. The predicted molar refractivity (Wildman–Crippen MR) is 110 cm³/mol. The van der Waals surface area contributed by atoms with E-state index in [0.29, 0.717) is 17.9 Å². The maximum Gasteiger partial charge on any atom is 0.265 e. The number of anilines is 1. The number of carbonyl (C=O) groups is 1. The number of ether oxygens (including phenoxy) is 2. The van der Waals surface area contributed by atoms with Gasteiger partial charge in [0.15, 0.2) is 6.10 Å². The van der Waals surface area contributed by atoms with Crippen LogP contribution in [0, 0.1) is 0 Å². The lowest BCUT2D eigenvalue weighted by molar-refractivity contribution is -0.122. The van der Waals surface area contributed by atoms with E-state index in [9.17, 15) is 4.79 Å². The minimum absolute atomic E-state index is 0.200. The first-order chi connectivity index (χ1) is 13.7. The number of methoxy groups -OCH3 is 1. The van der Waals surface area contributed by atoms with Crippen LogP contribution in [0.1, 0.15) is 13.3 Å². The first-order valence-corrected chi connectivity index (χ1v) is 9.21. The molecular weight excluding hydrogens is 354 g/mol. The van der Waals surface area contributed by atoms with Crippen LogP contribution in [0.15, 0.2) is 71.1 Å². The van der Waals surface area contributed by atoms with Gasteiger partial charge in [0.1, 0.15) is 22.7 Å². The molecule has 0 unspecified atom stereocenters. The Hall–Kier alpha value is -3.47. The van der Waals surface area contributed by atoms with E-state index in [-0.39, 0.29) is 5.91 Å². The second kappa shape index (κ2) is 7.64. The third-order valence-corrected chi connectivity index (χ3v) is 4.65. The zero-order valence-electron chi connectivity index (χ0n) is 15.8. The van der Waals surface area contributed by atoms with E-state index >= 15 is 0 Å². The van der Waals surface area contributed by atoms with Crippen LogP contribution >= 0.6 is 0 Å². The van der Waals surface area contributed by atoms with Gasteiger partial charge >= 0.3 is 0 Å². The fourth-order valence-corrected chi connectivity index (χ4v) is 3.17. The third-order valence-electron chi connectivity index (χ3n) is 4.65. The zero-order valence-corrected chi connectivity index (χ0v) is 15.8. The molecule has 0 spiro atoms. The molecule has 4 aromatic rings. The lowest BCUT2D eigenvalue weighted by atomic mass is 10.1. The molecule has 1 heterocycles. The van der Waals surface area contributed by atoms with Crippen molar-refractivity contribution in [3.8, 4) is 11.5 Å². The van der Waals surface area contributed by atoms with Crippen LogP contribution in [0.25, 0.3) is 21.9 Å². The molecule has 0 aliphatic heterocycles. The van der Waals surface area contributed by atoms with Crippen molar-refractivity contribution in [1.29, 1.82) is 0 Å². The number of furan rings is 1. The number of fused-ring (bicyclic) bond motifs is 3. The summed E-state index contributed by atoms with van der Waals surface area (Å²) in [5, 5.41) is 5.01. The van der Waals surface area contributed by atoms with Gasteiger partial charge in [0, 0.05) is 22.5 Å². The largest absolute Gasteiger partial charge is 0.497 e. The van der Waals surface area contributed by atoms with E-state index in [1.165, 1.54) is 0 Å². The van der Waals surface area contributed by atoms with Gasteiger partial charge in [-0.3, -0.25) is 4.79 Å². The number of benzene rings is 3. The molecule has 0 saturated heterocycles. The van der Waals surface area contributed by atoms with Crippen LogP contribution < -0.4 is 14.8 Å². The maximum atomic E-state index is 12.7.